The van der Waals surface area contributed by atoms with Gasteiger partial charge in [-0.1, -0.05) is 0 Å². The Labute approximate surface area is 154 Å². The molecule has 0 spiro atoms. The first-order valence-electron chi connectivity index (χ1n) is 8.60. The molecule has 0 fully saturated rings. The second-order valence-corrected chi connectivity index (χ2v) is 6.33. The first kappa shape index (κ1) is 18.4. The van der Waals surface area contributed by atoms with Gasteiger partial charge in [0.25, 0.3) is 17.4 Å². The first-order valence-corrected chi connectivity index (χ1v) is 8.60. The van der Waals surface area contributed by atoms with Gasteiger partial charge >= 0.3 is 5.97 Å². The van der Waals surface area contributed by atoms with E-state index in [2.05, 4.69) is 15.6 Å². The average molecular weight is 369 g/mol. The number of hydrogen-bond acceptors (Lipinski definition) is 4. The Balaban J connectivity index is 1.70. The lowest BCUT2D eigenvalue weighted by Crippen LogP contribution is -2.29. The van der Waals surface area contributed by atoms with Crippen molar-refractivity contribution in [3.63, 3.8) is 0 Å². The Morgan fingerprint density at radius 1 is 1.04 bits per heavy atom. The summed E-state index contributed by atoms with van der Waals surface area (Å²) in [5.74, 6) is -2.18. The smallest absolute Gasteiger partial charge is 0.322 e. The van der Waals surface area contributed by atoms with Crippen LogP contribution < -0.4 is 16.2 Å². The molecule has 1 aromatic heterocycles. The molecular weight excluding hydrogens is 350 g/mol. The maximum absolute atomic E-state index is 12.4. The molecule has 0 saturated heterocycles. The number of carboxylic acids is 1. The van der Waals surface area contributed by atoms with Crippen molar-refractivity contribution in [2.75, 3.05) is 11.9 Å². The van der Waals surface area contributed by atoms with Crippen LogP contribution in [-0.2, 0) is 17.6 Å². The highest BCUT2D eigenvalue weighted by atomic mass is 16.4. The molecule has 0 atom stereocenters. The van der Waals surface area contributed by atoms with E-state index in [0.29, 0.717) is 5.69 Å². The van der Waals surface area contributed by atoms with Gasteiger partial charge in [0.1, 0.15) is 12.1 Å². The van der Waals surface area contributed by atoms with Gasteiger partial charge in [-0.3, -0.25) is 19.2 Å². The minimum Gasteiger partial charge on any atom is -0.480 e. The van der Waals surface area contributed by atoms with E-state index < -0.39 is 29.9 Å². The lowest BCUT2D eigenvalue weighted by atomic mass is 9.95. The number of H-pyrrole nitrogens is 1. The van der Waals surface area contributed by atoms with Crippen molar-refractivity contribution in [3.05, 3.63) is 63.1 Å². The van der Waals surface area contributed by atoms with Crippen molar-refractivity contribution in [1.82, 2.24) is 10.3 Å². The fraction of sp³-hybridized carbons (Fsp3) is 0.263. The van der Waals surface area contributed by atoms with E-state index in [0.717, 1.165) is 36.9 Å². The molecule has 0 saturated carbocycles. The van der Waals surface area contributed by atoms with Crippen LogP contribution >= 0.6 is 0 Å². The Bertz CT molecular complexity index is 947. The van der Waals surface area contributed by atoms with Crippen molar-refractivity contribution in [1.29, 1.82) is 0 Å². The third-order valence-electron chi connectivity index (χ3n) is 4.39. The molecular formula is C19H19N3O5. The number of pyridine rings is 1. The van der Waals surface area contributed by atoms with Gasteiger partial charge < -0.3 is 20.7 Å². The summed E-state index contributed by atoms with van der Waals surface area (Å²) in [6.45, 7) is -0.474. The largest absolute Gasteiger partial charge is 0.480 e. The monoisotopic (exact) mass is 369 g/mol. The van der Waals surface area contributed by atoms with Crippen molar-refractivity contribution < 1.29 is 19.5 Å². The van der Waals surface area contributed by atoms with Gasteiger partial charge in [0, 0.05) is 16.9 Å². The molecule has 4 N–H and O–H groups in total. The predicted octanol–water partition coefficient (Wildman–Crippen LogP) is 1.32. The maximum atomic E-state index is 12.4. The molecule has 0 unspecified atom stereocenters. The molecule has 1 aliphatic carbocycles. The Hall–Kier alpha value is -3.42. The summed E-state index contributed by atoms with van der Waals surface area (Å²) in [5.41, 5.74) is 2.22. The topological polar surface area (TPSA) is 128 Å². The number of carboxylic acid groups (broad SMARTS) is 1. The molecule has 0 bridgehead atoms. The van der Waals surface area contributed by atoms with Crippen LogP contribution in [0.4, 0.5) is 5.69 Å². The molecule has 27 heavy (non-hydrogen) atoms. The summed E-state index contributed by atoms with van der Waals surface area (Å²) < 4.78 is 0. The van der Waals surface area contributed by atoms with Crippen LogP contribution in [-0.4, -0.2) is 34.4 Å². The molecule has 3 rings (SSSR count). The van der Waals surface area contributed by atoms with Gasteiger partial charge in [-0.05, 0) is 61.6 Å². The van der Waals surface area contributed by atoms with Crippen molar-refractivity contribution in [2.24, 2.45) is 0 Å². The summed E-state index contributed by atoms with van der Waals surface area (Å²) >= 11 is 0. The second-order valence-electron chi connectivity index (χ2n) is 6.33. The minimum absolute atomic E-state index is 0.0546. The van der Waals surface area contributed by atoms with Crippen molar-refractivity contribution in [3.8, 4) is 0 Å². The van der Waals surface area contributed by atoms with E-state index in [1.807, 2.05) is 0 Å². The zero-order valence-electron chi connectivity index (χ0n) is 14.5. The number of benzene rings is 1. The van der Waals surface area contributed by atoms with Crippen LogP contribution in [0.2, 0.25) is 0 Å². The molecule has 2 aromatic rings. The second kappa shape index (κ2) is 7.86. The minimum atomic E-state index is -1.14. The summed E-state index contributed by atoms with van der Waals surface area (Å²) in [7, 11) is 0. The maximum Gasteiger partial charge on any atom is 0.322 e. The number of aryl methyl sites for hydroxylation is 2. The number of carbonyl (C=O) groups is 3. The number of hydrogen-bond donors (Lipinski definition) is 4. The van der Waals surface area contributed by atoms with E-state index >= 15 is 0 Å². The SMILES string of the molecule is O=C(O)CNC(=O)c1ccc(NC(=O)c2cc3c([nH]c2=O)CCCC3)cc1. The van der Waals surface area contributed by atoms with Crippen LogP contribution in [0, 0.1) is 0 Å². The predicted molar refractivity (Wildman–Crippen MR) is 98.1 cm³/mol. The molecule has 1 heterocycles. The van der Waals surface area contributed by atoms with Crippen molar-refractivity contribution >= 4 is 23.5 Å². The molecule has 140 valence electrons. The Morgan fingerprint density at radius 3 is 2.44 bits per heavy atom. The van der Waals surface area contributed by atoms with E-state index in [1.165, 1.54) is 24.3 Å². The van der Waals surface area contributed by atoms with E-state index in [-0.39, 0.29) is 11.1 Å². The number of anilines is 1. The molecule has 0 aliphatic heterocycles. The number of rotatable bonds is 5. The van der Waals surface area contributed by atoms with Gasteiger partial charge in [0.05, 0.1) is 0 Å². The molecule has 2 amide bonds. The van der Waals surface area contributed by atoms with Crippen LogP contribution in [0.5, 0.6) is 0 Å². The standard InChI is InChI=1S/C19H19N3O5/c23-16(24)10-20-17(25)11-5-7-13(8-6-11)21-18(26)14-9-12-3-1-2-4-15(12)22-19(14)27/h5-9H,1-4,10H2,(H,20,25)(H,21,26)(H,22,27)(H,23,24). The fourth-order valence-corrected chi connectivity index (χ4v) is 3.00. The third-order valence-corrected chi connectivity index (χ3v) is 4.39. The number of fused-ring (bicyclic) bond motifs is 1. The number of carbonyl (C=O) groups excluding carboxylic acids is 2. The lowest BCUT2D eigenvalue weighted by molar-refractivity contribution is -0.135. The van der Waals surface area contributed by atoms with Gasteiger partial charge in [-0.15, -0.1) is 0 Å². The molecule has 1 aromatic carbocycles. The molecule has 8 heteroatoms. The summed E-state index contributed by atoms with van der Waals surface area (Å²) in [6, 6.07) is 7.60. The van der Waals surface area contributed by atoms with Crippen molar-refractivity contribution in [2.45, 2.75) is 25.7 Å². The number of amides is 2. The molecule has 8 nitrogen and oxygen atoms in total. The van der Waals surface area contributed by atoms with Crippen LogP contribution in [0.1, 0.15) is 44.8 Å². The molecule has 0 radical (unpaired) electrons. The Kier molecular flexibility index (Phi) is 5.35. The van der Waals surface area contributed by atoms with Gasteiger partial charge in [-0.25, -0.2) is 0 Å². The third kappa shape index (κ3) is 4.41. The highest BCUT2D eigenvalue weighted by Crippen LogP contribution is 2.19. The summed E-state index contributed by atoms with van der Waals surface area (Å²) in [6.07, 6.45) is 3.72. The van der Waals surface area contributed by atoms with Gasteiger partial charge in [-0.2, -0.15) is 0 Å². The van der Waals surface area contributed by atoms with E-state index in [9.17, 15) is 19.2 Å². The van der Waals surface area contributed by atoms with Crippen LogP contribution in [0.3, 0.4) is 0 Å². The Morgan fingerprint density at radius 2 is 1.74 bits per heavy atom. The molecule has 1 aliphatic rings. The van der Waals surface area contributed by atoms with Crippen LogP contribution in [0.25, 0.3) is 0 Å². The van der Waals surface area contributed by atoms with Crippen LogP contribution in [0.15, 0.2) is 35.1 Å². The highest BCUT2D eigenvalue weighted by Gasteiger charge is 2.17. The number of aromatic nitrogens is 1. The lowest BCUT2D eigenvalue weighted by Gasteiger charge is -2.16. The summed E-state index contributed by atoms with van der Waals surface area (Å²) in [4.78, 5) is 49.7. The normalized spacial score (nSPS) is 12.7. The number of aliphatic carboxylic acids is 1. The highest BCUT2D eigenvalue weighted by molar-refractivity contribution is 6.04. The average Bonchev–Trinajstić information content (AvgIpc) is 2.66. The zero-order chi connectivity index (χ0) is 19.4. The van der Waals surface area contributed by atoms with Gasteiger partial charge in [0.2, 0.25) is 0 Å². The first-order chi connectivity index (χ1) is 12.9. The van der Waals surface area contributed by atoms with E-state index in [4.69, 9.17) is 5.11 Å². The quantitative estimate of drug-likeness (QED) is 0.632. The van der Waals surface area contributed by atoms with E-state index in [1.54, 1.807) is 6.07 Å². The van der Waals surface area contributed by atoms with Gasteiger partial charge in [0.15, 0.2) is 0 Å². The number of aromatic amines is 1. The number of nitrogens with one attached hydrogen (secondary N) is 3. The fourth-order valence-electron chi connectivity index (χ4n) is 3.00. The zero-order valence-corrected chi connectivity index (χ0v) is 14.5. The summed E-state index contributed by atoms with van der Waals surface area (Å²) in [5, 5.41) is 13.5.